The predicted octanol–water partition coefficient (Wildman–Crippen LogP) is 0.490. The zero-order chi connectivity index (χ0) is 24.5. The number of carbonyl (C=O) groups is 4. The minimum absolute atomic E-state index is 0.0197. The van der Waals surface area contributed by atoms with Crippen LogP contribution in [0.25, 0.3) is 0 Å². The molecule has 3 aliphatic heterocycles. The van der Waals surface area contributed by atoms with Gasteiger partial charge in [-0.15, -0.1) is 0 Å². The Hall–Kier alpha value is -4.00. The van der Waals surface area contributed by atoms with Crippen LogP contribution in [0, 0.1) is 0 Å². The first-order valence-electron chi connectivity index (χ1n) is 10.9. The van der Waals surface area contributed by atoms with Crippen LogP contribution in [0.15, 0.2) is 30.7 Å². The molecule has 0 aromatic carbocycles. The number of ether oxygens (including phenoxy) is 1. The standard InChI is InChI=1S/C21H21ClN8O5/c22-13-1-2-14(26-11-13)30-18(32)16-17(25-4-3-24-16)19(30)35-21(34)28-9-7-27(8-10-28)20(33)29-6-5-23-15(31)12-29/h1-4,11,19H,5-10,12H2,(H,23,31)/t19-/m0/s1. The van der Waals surface area contributed by atoms with Crippen molar-refractivity contribution in [2.24, 2.45) is 0 Å². The first kappa shape index (κ1) is 22.8. The fraction of sp³-hybridized carbons (Fsp3) is 0.381. The summed E-state index contributed by atoms with van der Waals surface area (Å²) < 4.78 is 5.72. The van der Waals surface area contributed by atoms with Gasteiger partial charge in [0.1, 0.15) is 18.1 Å². The Kier molecular flexibility index (Phi) is 6.07. The summed E-state index contributed by atoms with van der Waals surface area (Å²) in [6.45, 7) is 1.92. The van der Waals surface area contributed by atoms with Gasteiger partial charge in [0.05, 0.1) is 5.02 Å². The molecule has 2 aromatic rings. The molecule has 0 unspecified atom stereocenters. The molecular formula is C21H21ClN8O5. The minimum atomic E-state index is -1.15. The lowest BCUT2D eigenvalue weighted by Crippen LogP contribution is -2.58. The van der Waals surface area contributed by atoms with Gasteiger partial charge in [-0.05, 0) is 12.1 Å². The SMILES string of the molecule is O=C1CN(C(=O)N2CCN(C(=O)O[C@H]3c4nccnc4C(=O)N3c3ccc(Cl)cn3)CC2)CCN1. The number of urea groups is 1. The van der Waals surface area contributed by atoms with E-state index in [9.17, 15) is 19.2 Å². The Morgan fingerprint density at radius 1 is 0.971 bits per heavy atom. The number of anilines is 1. The van der Waals surface area contributed by atoms with E-state index in [1.807, 2.05) is 0 Å². The molecule has 1 N–H and O–H groups in total. The second-order valence-electron chi connectivity index (χ2n) is 8.06. The molecule has 0 bridgehead atoms. The van der Waals surface area contributed by atoms with E-state index >= 15 is 0 Å². The highest BCUT2D eigenvalue weighted by molar-refractivity contribution is 6.30. The van der Waals surface area contributed by atoms with Gasteiger partial charge in [0.2, 0.25) is 12.1 Å². The number of hydrogen-bond donors (Lipinski definition) is 1. The number of aromatic nitrogens is 3. The van der Waals surface area contributed by atoms with Gasteiger partial charge in [-0.3, -0.25) is 14.6 Å². The maximum absolute atomic E-state index is 13.0. The smallest absolute Gasteiger partial charge is 0.412 e. The molecule has 35 heavy (non-hydrogen) atoms. The Morgan fingerprint density at radius 3 is 2.43 bits per heavy atom. The summed E-state index contributed by atoms with van der Waals surface area (Å²) in [5, 5.41) is 3.07. The summed E-state index contributed by atoms with van der Waals surface area (Å²) in [6.07, 6.45) is 2.37. The van der Waals surface area contributed by atoms with E-state index in [-0.39, 0.29) is 61.9 Å². The Morgan fingerprint density at radius 2 is 1.71 bits per heavy atom. The van der Waals surface area contributed by atoms with E-state index in [0.29, 0.717) is 18.1 Å². The lowest BCUT2D eigenvalue weighted by molar-refractivity contribution is -0.123. The molecule has 2 aromatic heterocycles. The van der Waals surface area contributed by atoms with Crippen molar-refractivity contribution < 1.29 is 23.9 Å². The van der Waals surface area contributed by atoms with E-state index in [2.05, 4.69) is 20.3 Å². The fourth-order valence-electron chi connectivity index (χ4n) is 4.13. The monoisotopic (exact) mass is 500 g/mol. The summed E-state index contributed by atoms with van der Waals surface area (Å²) in [7, 11) is 0. The lowest BCUT2D eigenvalue weighted by atomic mass is 10.3. The van der Waals surface area contributed by atoms with Gasteiger partial charge >= 0.3 is 12.1 Å². The third-order valence-corrected chi connectivity index (χ3v) is 6.13. The maximum Gasteiger partial charge on any atom is 0.412 e. The molecule has 3 aliphatic rings. The van der Waals surface area contributed by atoms with E-state index in [1.54, 1.807) is 11.0 Å². The van der Waals surface area contributed by atoms with Crippen molar-refractivity contribution in [3.63, 3.8) is 0 Å². The summed E-state index contributed by atoms with van der Waals surface area (Å²) in [5.41, 5.74) is 0.280. The van der Waals surface area contributed by atoms with Crippen LogP contribution in [0.4, 0.5) is 15.4 Å². The molecule has 5 heterocycles. The van der Waals surface area contributed by atoms with Crippen LogP contribution in [-0.4, -0.2) is 99.4 Å². The highest BCUT2D eigenvalue weighted by atomic mass is 35.5. The van der Waals surface area contributed by atoms with Crippen molar-refractivity contribution in [2.75, 3.05) is 50.7 Å². The van der Waals surface area contributed by atoms with Crippen molar-refractivity contribution in [3.8, 4) is 0 Å². The summed E-state index contributed by atoms with van der Waals surface area (Å²) in [4.78, 5) is 68.6. The highest BCUT2D eigenvalue weighted by Gasteiger charge is 2.44. The zero-order valence-corrected chi connectivity index (χ0v) is 19.2. The number of halogens is 1. The molecule has 2 saturated heterocycles. The number of nitrogens with one attached hydrogen (secondary N) is 1. The average molecular weight is 501 g/mol. The first-order valence-corrected chi connectivity index (χ1v) is 11.3. The molecule has 1 atom stereocenters. The molecule has 0 saturated carbocycles. The normalized spacial score (nSPS) is 20.0. The van der Waals surface area contributed by atoms with E-state index in [1.165, 1.54) is 39.4 Å². The molecule has 182 valence electrons. The van der Waals surface area contributed by atoms with Crippen molar-refractivity contribution in [1.29, 1.82) is 0 Å². The number of piperazine rings is 2. The largest absolute Gasteiger partial charge is 0.419 e. The molecular weight excluding hydrogens is 480 g/mol. The van der Waals surface area contributed by atoms with Crippen LogP contribution in [0.1, 0.15) is 22.4 Å². The number of rotatable bonds is 2. The third kappa shape index (κ3) is 4.41. The number of amides is 5. The van der Waals surface area contributed by atoms with Crippen molar-refractivity contribution >= 4 is 41.4 Å². The van der Waals surface area contributed by atoms with Crippen LogP contribution >= 0.6 is 11.6 Å². The second-order valence-corrected chi connectivity index (χ2v) is 8.50. The minimum Gasteiger partial charge on any atom is -0.419 e. The van der Waals surface area contributed by atoms with Crippen LogP contribution < -0.4 is 10.2 Å². The van der Waals surface area contributed by atoms with Crippen LogP contribution in [0.3, 0.4) is 0 Å². The van der Waals surface area contributed by atoms with Gasteiger partial charge in [-0.1, -0.05) is 11.6 Å². The van der Waals surface area contributed by atoms with Crippen LogP contribution in [0.2, 0.25) is 5.02 Å². The summed E-state index contributed by atoms with van der Waals surface area (Å²) in [5.74, 6) is -0.458. The van der Waals surface area contributed by atoms with E-state index < -0.39 is 18.2 Å². The molecule has 0 aliphatic carbocycles. The predicted molar refractivity (Wildman–Crippen MR) is 120 cm³/mol. The van der Waals surface area contributed by atoms with Crippen molar-refractivity contribution in [3.05, 3.63) is 47.1 Å². The average Bonchev–Trinajstić information content (AvgIpc) is 3.15. The number of hydrogen-bond acceptors (Lipinski definition) is 8. The molecule has 5 amide bonds. The zero-order valence-electron chi connectivity index (χ0n) is 18.5. The number of carbonyl (C=O) groups excluding carboxylic acids is 4. The Labute approximate surface area is 204 Å². The Balaban J connectivity index is 1.27. The number of pyridine rings is 1. The van der Waals surface area contributed by atoms with Gasteiger partial charge in [0.15, 0.2) is 5.69 Å². The molecule has 0 spiro atoms. The Bertz CT molecular complexity index is 1170. The summed E-state index contributed by atoms with van der Waals surface area (Å²) in [6, 6.07) is 2.87. The highest BCUT2D eigenvalue weighted by Crippen LogP contribution is 2.35. The van der Waals surface area contributed by atoms with Gasteiger partial charge in [0, 0.05) is 57.9 Å². The molecule has 13 nitrogen and oxygen atoms in total. The topological polar surface area (TPSA) is 141 Å². The first-order chi connectivity index (χ1) is 16.9. The van der Waals surface area contributed by atoms with Crippen LogP contribution in [-0.2, 0) is 9.53 Å². The van der Waals surface area contributed by atoms with E-state index in [0.717, 1.165) is 0 Å². The number of fused-ring (bicyclic) bond motifs is 1. The van der Waals surface area contributed by atoms with Gasteiger partial charge in [0.25, 0.3) is 5.91 Å². The lowest BCUT2D eigenvalue weighted by Gasteiger charge is -2.38. The molecule has 0 radical (unpaired) electrons. The van der Waals surface area contributed by atoms with E-state index in [4.69, 9.17) is 16.3 Å². The fourth-order valence-corrected chi connectivity index (χ4v) is 4.24. The third-order valence-electron chi connectivity index (χ3n) is 5.90. The summed E-state index contributed by atoms with van der Waals surface area (Å²) >= 11 is 5.92. The van der Waals surface area contributed by atoms with Gasteiger partial charge < -0.3 is 24.8 Å². The molecule has 5 rings (SSSR count). The van der Waals surface area contributed by atoms with Gasteiger partial charge in [-0.25, -0.2) is 24.5 Å². The molecule has 2 fully saturated rings. The second kappa shape index (κ2) is 9.33. The number of nitrogens with zero attached hydrogens (tertiary/aromatic N) is 7. The van der Waals surface area contributed by atoms with Gasteiger partial charge in [-0.2, -0.15) is 0 Å². The van der Waals surface area contributed by atoms with Crippen molar-refractivity contribution in [1.82, 2.24) is 35.0 Å². The maximum atomic E-state index is 13.0. The van der Waals surface area contributed by atoms with Crippen molar-refractivity contribution in [2.45, 2.75) is 6.23 Å². The van der Waals surface area contributed by atoms with Crippen LogP contribution in [0.5, 0.6) is 0 Å². The quantitative estimate of drug-likeness (QED) is 0.628. The molecule has 14 heteroatoms.